The van der Waals surface area contributed by atoms with E-state index < -0.39 is 5.41 Å². The smallest absolute Gasteiger partial charge is 0.160 e. The van der Waals surface area contributed by atoms with Gasteiger partial charge < -0.3 is 0 Å². The van der Waals surface area contributed by atoms with Crippen molar-refractivity contribution in [3.63, 3.8) is 0 Å². The molecule has 274 valence electrons. The van der Waals surface area contributed by atoms with Crippen LogP contribution < -0.4 is 0 Å². The van der Waals surface area contributed by atoms with Gasteiger partial charge in [0.15, 0.2) is 5.82 Å². The van der Waals surface area contributed by atoms with Crippen molar-refractivity contribution in [1.82, 2.24) is 9.97 Å². The first-order valence-corrected chi connectivity index (χ1v) is 20.2. The lowest BCUT2D eigenvalue weighted by molar-refractivity contribution is 0.563. The summed E-state index contributed by atoms with van der Waals surface area (Å²) >= 11 is 0. The van der Waals surface area contributed by atoms with E-state index in [1.54, 1.807) is 0 Å². The van der Waals surface area contributed by atoms with E-state index in [2.05, 4.69) is 220 Å². The van der Waals surface area contributed by atoms with Gasteiger partial charge in [-0.05, 0) is 78.9 Å². The number of benzene rings is 8. The number of hydrogen-bond acceptors (Lipinski definition) is 2. The van der Waals surface area contributed by atoms with E-state index in [9.17, 15) is 0 Å². The molecule has 1 heterocycles. The molecule has 58 heavy (non-hydrogen) atoms. The van der Waals surface area contributed by atoms with Gasteiger partial charge in [-0.15, -0.1) is 0 Å². The first kappa shape index (κ1) is 34.1. The molecule has 0 amide bonds. The van der Waals surface area contributed by atoms with Crippen LogP contribution in [0.5, 0.6) is 0 Å². The topological polar surface area (TPSA) is 25.8 Å². The lowest BCUT2D eigenvalue weighted by Gasteiger charge is -2.46. The second-order valence-corrected chi connectivity index (χ2v) is 16.1. The first-order chi connectivity index (χ1) is 28.5. The van der Waals surface area contributed by atoms with E-state index in [1.807, 2.05) is 0 Å². The Kier molecular flexibility index (Phi) is 7.78. The summed E-state index contributed by atoms with van der Waals surface area (Å²) < 4.78 is 0. The molecule has 1 aromatic heterocycles. The number of aromatic nitrogens is 2. The Hall–Kier alpha value is -7.16. The molecule has 2 aliphatic rings. The predicted octanol–water partition coefficient (Wildman–Crippen LogP) is 13.8. The van der Waals surface area contributed by atoms with Gasteiger partial charge in [0.1, 0.15) is 0 Å². The molecule has 0 radical (unpaired) electrons. The molecule has 8 aromatic carbocycles. The van der Waals surface area contributed by atoms with Gasteiger partial charge in [0.2, 0.25) is 0 Å². The molecule has 9 aromatic rings. The highest BCUT2D eigenvalue weighted by Gasteiger charge is 2.53. The standard InChI is InChI=1S/C56H40N2/c1-55(2)48-23-13-14-24-50(48)56(46-21-11-9-19-44(46)45-20-10-12-22-47(45)56)51-35-43(33-34-49(51)55)53-36-52(41-29-25-39(26-30-41)37-15-5-3-6-16-37)57-54(58-53)42-31-27-40(28-32-42)38-17-7-4-8-18-38/h3-36H,1-2H3. The van der Waals surface area contributed by atoms with E-state index in [0.29, 0.717) is 5.82 Å². The largest absolute Gasteiger partial charge is 0.228 e. The maximum atomic E-state index is 5.39. The Morgan fingerprint density at radius 2 is 0.690 bits per heavy atom. The second kappa shape index (κ2) is 13.2. The molecule has 0 fully saturated rings. The van der Waals surface area contributed by atoms with Crippen LogP contribution in [-0.4, -0.2) is 9.97 Å². The molecule has 0 atom stereocenters. The second-order valence-electron chi connectivity index (χ2n) is 16.1. The monoisotopic (exact) mass is 740 g/mol. The molecule has 0 aliphatic heterocycles. The molecular weight excluding hydrogens is 701 g/mol. The average Bonchev–Trinajstić information content (AvgIpc) is 3.59. The summed E-state index contributed by atoms with van der Waals surface area (Å²) in [5.74, 6) is 0.703. The molecular formula is C56H40N2. The highest BCUT2D eigenvalue weighted by Crippen LogP contribution is 2.62. The Bertz CT molecular complexity index is 2850. The van der Waals surface area contributed by atoms with Crippen LogP contribution in [0.1, 0.15) is 47.2 Å². The summed E-state index contributed by atoms with van der Waals surface area (Å²) in [4.78, 5) is 10.7. The van der Waals surface area contributed by atoms with E-state index in [-0.39, 0.29) is 5.41 Å². The van der Waals surface area contributed by atoms with E-state index >= 15 is 0 Å². The number of fused-ring (bicyclic) bond motifs is 9. The van der Waals surface area contributed by atoms with Gasteiger partial charge in [0.05, 0.1) is 16.8 Å². The summed E-state index contributed by atoms with van der Waals surface area (Å²) in [6.45, 7) is 4.76. The molecule has 0 N–H and O–H groups in total. The molecule has 1 spiro atoms. The van der Waals surface area contributed by atoms with Crippen molar-refractivity contribution in [2.75, 3.05) is 0 Å². The van der Waals surface area contributed by atoms with Gasteiger partial charge in [-0.1, -0.05) is 208 Å². The van der Waals surface area contributed by atoms with Gasteiger partial charge >= 0.3 is 0 Å². The zero-order chi connectivity index (χ0) is 38.8. The van der Waals surface area contributed by atoms with Crippen LogP contribution in [0, 0.1) is 0 Å². The third-order valence-electron chi connectivity index (χ3n) is 12.6. The quantitative estimate of drug-likeness (QED) is 0.176. The molecule has 0 saturated carbocycles. The minimum Gasteiger partial charge on any atom is -0.228 e. The van der Waals surface area contributed by atoms with Crippen molar-refractivity contribution in [2.24, 2.45) is 0 Å². The lowest BCUT2D eigenvalue weighted by atomic mass is 9.55. The molecule has 0 unspecified atom stereocenters. The van der Waals surface area contributed by atoms with E-state index in [1.165, 1.54) is 61.2 Å². The van der Waals surface area contributed by atoms with Crippen LogP contribution in [0.15, 0.2) is 206 Å². The fraction of sp³-hybridized carbons (Fsp3) is 0.0714. The summed E-state index contributed by atoms with van der Waals surface area (Å²) in [5, 5.41) is 0. The lowest BCUT2D eigenvalue weighted by Crippen LogP contribution is -2.40. The average molecular weight is 741 g/mol. The maximum Gasteiger partial charge on any atom is 0.160 e. The fourth-order valence-corrected chi connectivity index (χ4v) is 9.80. The van der Waals surface area contributed by atoms with Crippen LogP contribution in [0.3, 0.4) is 0 Å². The van der Waals surface area contributed by atoms with Gasteiger partial charge in [0.25, 0.3) is 0 Å². The fourth-order valence-electron chi connectivity index (χ4n) is 9.80. The molecule has 2 nitrogen and oxygen atoms in total. The van der Waals surface area contributed by atoms with Gasteiger partial charge in [0, 0.05) is 22.1 Å². The highest BCUT2D eigenvalue weighted by atomic mass is 14.9. The minimum atomic E-state index is -0.482. The molecule has 0 bridgehead atoms. The summed E-state index contributed by atoms with van der Waals surface area (Å²) in [6.07, 6.45) is 0. The van der Waals surface area contributed by atoms with Crippen molar-refractivity contribution in [3.05, 3.63) is 240 Å². The van der Waals surface area contributed by atoms with Crippen LogP contribution >= 0.6 is 0 Å². The summed E-state index contributed by atoms with van der Waals surface area (Å²) in [7, 11) is 0. The minimum absolute atomic E-state index is 0.217. The zero-order valence-electron chi connectivity index (χ0n) is 32.5. The predicted molar refractivity (Wildman–Crippen MR) is 239 cm³/mol. The highest BCUT2D eigenvalue weighted by molar-refractivity contribution is 5.89. The SMILES string of the molecule is CC1(C)c2ccccc2C2(c3ccccc3-c3ccccc32)c2cc(-c3cc(-c4ccc(-c5ccccc5)cc4)nc(-c4ccc(-c5ccccc5)cc4)n3)ccc21. The molecule has 2 heteroatoms. The number of rotatable bonds is 5. The van der Waals surface area contributed by atoms with Crippen molar-refractivity contribution in [2.45, 2.75) is 24.7 Å². The summed E-state index contributed by atoms with van der Waals surface area (Å²) in [5.41, 5.74) is 19.5. The van der Waals surface area contributed by atoms with Crippen molar-refractivity contribution < 1.29 is 0 Å². The van der Waals surface area contributed by atoms with Crippen LogP contribution in [0.25, 0.3) is 67.3 Å². The van der Waals surface area contributed by atoms with Gasteiger partial charge in [-0.2, -0.15) is 0 Å². The van der Waals surface area contributed by atoms with E-state index in [0.717, 1.165) is 33.6 Å². The van der Waals surface area contributed by atoms with Crippen LogP contribution in [-0.2, 0) is 10.8 Å². The number of nitrogens with zero attached hydrogens (tertiary/aromatic N) is 2. The Morgan fingerprint density at radius 3 is 1.26 bits per heavy atom. The van der Waals surface area contributed by atoms with E-state index in [4.69, 9.17) is 9.97 Å². The van der Waals surface area contributed by atoms with Crippen LogP contribution in [0.4, 0.5) is 0 Å². The van der Waals surface area contributed by atoms with Crippen molar-refractivity contribution in [1.29, 1.82) is 0 Å². The molecule has 2 aliphatic carbocycles. The first-order valence-electron chi connectivity index (χ1n) is 20.2. The van der Waals surface area contributed by atoms with Gasteiger partial charge in [-0.3, -0.25) is 0 Å². The third-order valence-corrected chi connectivity index (χ3v) is 12.6. The Morgan fingerprint density at radius 1 is 0.293 bits per heavy atom. The molecule has 0 saturated heterocycles. The Balaban J connectivity index is 1.12. The maximum absolute atomic E-state index is 5.39. The van der Waals surface area contributed by atoms with Crippen LogP contribution in [0.2, 0.25) is 0 Å². The van der Waals surface area contributed by atoms with Gasteiger partial charge in [-0.25, -0.2) is 9.97 Å². The summed E-state index contributed by atoms with van der Waals surface area (Å²) in [6, 6.07) is 74.9. The normalized spacial score (nSPS) is 14.0. The molecule has 11 rings (SSSR count). The Labute approximate surface area is 340 Å². The van der Waals surface area contributed by atoms with Crippen molar-refractivity contribution in [3.8, 4) is 67.3 Å². The zero-order valence-corrected chi connectivity index (χ0v) is 32.5. The third kappa shape index (κ3) is 5.18. The van der Waals surface area contributed by atoms with Crippen molar-refractivity contribution >= 4 is 0 Å². The number of hydrogen-bond donors (Lipinski definition) is 0.